The number of piperidine rings is 1. The van der Waals surface area contributed by atoms with E-state index in [9.17, 15) is 4.79 Å². The molecule has 0 aliphatic carbocycles. The van der Waals surface area contributed by atoms with Crippen molar-refractivity contribution in [3.05, 3.63) is 71.8 Å². The number of rotatable bonds is 5. The molecule has 1 saturated heterocycles. The van der Waals surface area contributed by atoms with Gasteiger partial charge in [0.2, 0.25) is 11.9 Å². The molecule has 1 aliphatic rings. The van der Waals surface area contributed by atoms with E-state index in [4.69, 9.17) is 4.98 Å². The molecule has 0 N–H and O–H groups in total. The molecule has 3 heterocycles. The van der Waals surface area contributed by atoms with Crippen LogP contribution in [0.1, 0.15) is 42.1 Å². The van der Waals surface area contributed by atoms with Crippen LogP contribution in [0.3, 0.4) is 0 Å². The van der Waals surface area contributed by atoms with Crippen LogP contribution in [0.25, 0.3) is 11.1 Å². The third-order valence-corrected chi connectivity index (χ3v) is 5.81. The van der Waals surface area contributed by atoms with Crippen LogP contribution in [0, 0.1) is 6.92 Å². The third-order valence-electron chi connectivity index (χ3n) is 5.81. The Labute approximate surface area is 184 Å². The van der Waals surface area contributed by atoms with Gasteiger partial charge in [-0.15, -0.1) is 0 Å². The highest BCUT2D eigenvalue weighted by atomic mass is 16.2. The molecule has 1 fully saturated rings. The zero-order valence-corrected chi connectivity index (χ0v) is 18.5. The van der Waals surface area contributed by atoms with Crippen molar-refractivity contribution in [1.82, 2.24) is 19.9 Å². The van der Waals surface area contributed by atoms with Gasteiger partial charge in [-0.3, -0.25) is 9.78 Å². The molecule has 1 unspecified atom stereocenters. The highest BCUT2D eigenvalue weighted by Crippen LogP contribution is 2.36. The molecule has 1 atom stereocenters. The molecule has 0 spiro atoms. The summed E-state index contributed by atoms with van der Waals surface area (Å²) in [6, 6.07) is 12.1. The second-order valence-corrected chi connectivity index (χ2v) is 8.36. The first-order valence-electron chi connectivity index (χ1n) is 10.8. The molecule has 4 rings (SSSR count). The van der Waals surface area contributed by atoms with Gasteiger partial charge in [0.25, 0.3) is 0 Å². The van der Waals surface area contributed by atoms with Crippen LogP contribution in [0.2, 0.25) is 0 Å². The van der Waals surface area contributed by atoms with Gasteiger partial charge in [-0.2, -0.15) is 0 Å². The summed E-state index contributed by atoms with van der Waals surface area (Å²) in [4.78, 5) is 30.9. The van der Waals surface area contributed by atoms with Crippen LogP contribution in [0.4, 0.5) is 5.95 Å². The van der Waals surface area contributed by atoms with Gasteiger partial charge in [0.05, 0.1) is 18.2 Å². The Morgan fingerprint density at radius 1 is 1.10 bits per heavy atom. The second kappa shape index (κ2) is 9.25. The molecule has 0 bridgehead atoms. The number of likely N-dealkylation sites (tertiary alicyclic amines) is 1. The Morgan fingerprint density at radius 2 is 1.84 bits per heavy atom. The molecule has 0 saturated carbocycles. The van der Waals surface area contributed by atoms with E-state index in [0.29, 0.717) is 12.4 Å². The van der Waals surface area contributed by atoms with Crippen molar-refractivity contribution >= 4 is 11.9 Å². The summed E-state index contributed by atoms with van der Waals surface area (Å²) in [5.74, 6) is 0.809. The lowest BCUT2D eigenvalue weighted by Crippen LogP contribution is -2.40. The lowest BCUT2D eigenvalue weighted by Gasteiger charge is -2.36. The van der Waals surface area contributed by atoms with Crippen molar-refractivity contribution in [2.75, 3.05) is 25.5 Å². The largest absolute Gasteiger partial charge is 0.347 e. The van der Waals surface area contributed by atoms with Crippen LogP contribution in [0.5, 0.6) is 0 Å². The lowest BCUT2D eigenvalue weighted by molar-refractivity contribution is -0.134. The van der Waals surface area contributed by atoms with Gasteiger partial charge < -0.3 is 9.80 Å². The highest BCUT2D eigenvalue weighted by Gasteiger charge is 2.31. The number of carbonyl (C=O) groups excluding carboxylic acids is 1. The van der Waals surface area contributed by atoms with E-state index < -0.39 is 0 Å². The fourth-order valence-corrected chi connectivity index (χ4v) is 4.11. The molecule has 6 nitrogen and oxygen atoms in total. The third kappa shape index (κ3) is 4.74. The fraction of sp³-hybridized carbons (Fsp3) is 0.360. The van der Waals surface area contributed by atoms with E-state index in [0.717, 1.165) is 48.2 Å². The molecule has 6 heteroatoms. The first-order valence-corrected chi connectivity index (χ1v) is 10.8. The van der Waals surface area contributed by atoms with Gasteiger partial charge in [-0.25, -0.2) is 9.97 Å². The van der Waals surface area contributed by atoms with E-state index in [2.05, 4.69) is 29.0 Å². The minimum atomic E-state index is -0.0587. The predicted molar refractivity (Wildman–Crippen MR) is 123 cm³/mol. The van der Waals surface area contributed by atoms with Crippen molar-refractivity contribution in [1.29, 1.82) is 0 Å². The Bertz CT molecular complexity index is 1030. The number of nitrogens with zero attached hydrogens (tertiary/aromatic N) is 5. The lowest BCUT2D eigenvalue weighted by atomic mass is 9.93. The molecule has 1 amide bonds. The molecular formula is C25H29N5O. The van der Waals surface area contributed by atoms with Gasteiger partial charge in [-0.05, 0) is 49.4 Å². The first-order chi connectivity index (χ1) is 15.0. The van der Waals surface area contributed by atoms with E-state index >= 15 is 0 Å². The molecule has 2 aromatic heterocycles. The average Bonchev–Trinajstić information content (AvgIpc) is 2.80. The number of anilines is 1. The number of aromatic nitrogens is 3. The van der Waals surface area contributed by atoms with Crippen LogP contribution in [-0.2, 0) is 11.2 Å². The minimum Gasteiger partial charge on any atom is -0.347 e. The van der Waals surface area contributed by atoms with Crippen molar-refractivity contribution in [2.24, 2.45) is 0 Å². The molecular weight excluding hydrogens is 386 g/mol. The van der Waals surface area contributed by atoms with Gasteiger partial charge in [-0.1, -0.05) is 29.8 Å². The van der Waals surface area contributed by atoms with E-state index in [1.807, 2.05) is 54.4 Å². The summed E-state index contributed by atoms with van der Waals surface area (Å²) < 4.78 is 0. The first kappa shape index (κ1) is 21.0. The average molecular weight is 416 g/mol. The number of benzene rings is 1. The van der Waals surface area contributed by atoms with Gasteiger partial charge in [0.15, 0.2) is 0 Å². The van der Waals surface area contributed by atoms with Crippen molar-refractivity contribution in [3.63, 3.8) is 0 Å². The number of aryl methyl sites for hydroxylation is 1. The highest BCUT2D eigenvalue weighted by molar-refractivity contribution is 5.80. The van der Waals surface area contributed by atoms with Crippen LogP contribution in [-0.4, -0.2) is 46.4 Å². The zero-order valence-electron chi connectivity index (χ0n) is 18.5. The number of pyridine rings is 1. The maximum absolute atomic E-state index is 13.4. The van der Waals surface area contributed by atoms with Gasteiger partial charge in [0.1, 0.15) is 0 Å². The number of hydrogen-bond acceptors (Lipinski definition) is 5. The maximum atomic E-state index is 13.4. The number of hydrogen-bond donors (Lipinski definition) is 0. The standard InChI is InChI=1S/C25H29N5O/c1-18-7-9-19(10-8-18)16-23(31)30-15-5-4-6-22(30)24-21(20-11-13-26-14-12-20)17-27-25(28-24)29(2)3/h7-14,17,22H,4-6,15-16H2,1-3H3. The second-order valence-electron chi connectivity index (χ2n) is 8.36. The maximum Gasteiger partial charge on any atom is 0.227 e. The molecule has 160 valence electrons. The monoisotopic (exact) mass is 415 g/mol. The van der Waals surface area contributed by atoms with Crippen molar-refractivity contribution in [2.45, 2.75) is 38.6 Å². The van der Waals surface area contributed by atoms with Crippen LogP contribution in [0.15, 0.2) is 55.0 Å². The summed E-state index contributed by atoms with van der Waals surface area (Å²) in [6.07, 6.45) is 8.85. The summed E-state index contributed by atoms with van der Waals surface area (Å²) in [5, 5.41) is 0. The summed E-state index contributed by atoms with van der Waals surface area (Å²) >= 11 is 0. The predicted octanol–water partition coefficient (Wildman–Crippen LogP) is 4.21. The van der Waals surface area contributed by atoms with Crippen LogP contribution < -0.4 is 4.90 Å². The Balaban J connectivity index is 1.70. The van der Waals surface area contributed by atoms with Crippen molar-refractivity contribution in [3.8, 4) is 11.1 Å². The summed E-state index contributed by atoms with van der Waals surface area (Å²) in [5.41, 5.74) is 5.15. The van der Waals surface area contributed by atoms with E-state index in [-0.39, 0.29) is 11.9 Å². The summed E-state index contributed by atoms with van der Waals surface area (Å²) in [7, 11) is 3.87. The number of amides is 1. The Morgan fingerprint density at radius 3 is 2.55 bits per heavy atom. The minimum absolute atomic E-state index is 0.0587. The normalized spacial score (nSPS) is 16.2. The molecule has 31 heavy (non-hydrogen) atoms. The molecule has 1 aliphatic heterocycles. The topological polar surface area (TPSA) is 62.2 Å². The zero-order chi connectivity index (χ0) is 21.8. The Hall–Kier alpha value is -3.28. The SMILES string of the molecule is Cc1ccc(CC(=O)N2CCCCC2c2nc(N(C)C)ncc2-c2ccncc2)cc1. The van der Waals surface area contributed by atoms with E-state index in [1.54, 1.807) is 12.4 Å². The quantitative estimate of drug-likeness (QED) is 0.625. The summed E-state index contributed by atoms with van der Waals surface area (Å²) in [6.45, 7) is 2.82. The van der Waals surface area contributed by atoms with Gasteiger partial charge >= 0.3 is 0 Å². The fourth-order valence-electron chi connectivity index (χ4n) is 4.11. The van der Waals surface area contributed by atoms with Gasteiger partial charge in [0, 0.05) is 44.8 Å². The Kier molecular flexibility index (Phi) is 6.26. The van der Waals surface area contributed by atoms with Crippen molar-refractivity contribution < 1.29 is 4.79 Å². The smallest absolute Gasteiger partial charge is 0.227 e. The van der Waals surface area contributed by atoms with E-state index in [1.165, 1.54) is 5.56 Å². The molecule has 0 radical (unpaired) electrons. The van der Waals surface area contributed by atoms with Crippen LogP contribution >= 0.6 is 0 Å². The number of carbonyl (C=O) groups is 1. The molecule has 3 aromatic rings. The molecule has 1 aromatic carbocycles.